The van der Waals surface area contributed by atoms with Gasteiger partial charge in [-0.1, -0.05) is 6.07 Å². The van der Waals surface area contributed by atoms with E-state index in [2.05, 4.69) is 20.3 Å². The number of nitrogens with zero attached hydrogens (tertiary/aromatic N) is 1. The van der Waals surface area contributed by atoms with Crippen LogP contribution in [-0.4, -0.2) is 27.9 Å². The van der Waals surface area contributed by atoms with E-state index in [1.807, 2.05) is 0 Å². The first kappa shape index (κ1) is 12.9. The third kappa shape index (κ3) is 2.48. The summed E-state index contributed by atoms with van der Waals surface area (Å²) >= 11 is 0. The monoisotopic (exact) mass is 284 g/mol. The number of amides is 1. The fraction of sp³-hybridized carbons (Fsp3) is 0.0714. The van der Waals surface area contributed by atoms with Gasteiger partial charge in [0.2, 0.25) is 0 Å². The van der Waals surface area contributed by atoms with Gasteiger partial charge in [0.25, 0.3) is 5.91 Å². The van der Waals surface area contributed by atoms with E-state index in [4.69, 9.17) is 4.74 Å². The topological polar surface area (TPSA) is 99.9 Å². The minimum atomic E-state index is -0.354. The number of pyridine rings is 1. The lowest BCUT2D eigenvalue weighted by Gasteiger charge is -2.07. The van der Waals surface area contributed by atoms with Gasteiger partial charge in [-0.2, -0.15) is 0 Å². The number of ether oxygens (including phenoxy) is 1. The Labute approximate surface area is 119 Å². The number of carbonyl (C=O) groups excluding carboxylic acids is 1. The molecule has 0 fully saturated rings. The first-order valence-corrected chi connectivity index (χ1v) is 6.24. The Hall–Kier alpha value is -3.09. The van der Waals surface area contributed by atoms with E-state index in [0.717, 1.165) is 0 Å². The lowest BCUT2D eigenvalue weighted by Crippen LogP contribution is -2.17. The van der Waals surface area contributed by atoms with Crippen molar-refractivity contribution in [1.29, 1.82) is 0 Å². The summed E-state index contributed by atoms with van der Waals surface area (Å²) in [6, 6.07) is 8.39. The maximum absolute atomic E-state index is 11.6. The van der Waals surface area contributed by atoms with E-state index in [-0.39, 0.29) is 11.6 Å². The van der Waals surface area contributed by atoms with Gasteiger partial charge in [-0.25, -0.2) is 9.78 Å². The van der Waals surface area contributed by atoms with E-state index >= 15 is 0 Å². The molecular weight excluding hydrogens is 272 g/mol. The van der Waals surface area contributed by atoms with Crippen LogP contribution in [0.2, 0.25) is 0 Å². The summed E-state index contributed by atoms with van der Waals surface area (Å²) in [5.41, 5.74) is 1.03. The fourth-order valence-electron chi connectivity index (χ4n) is 1.97. The van der Waals surface area contributed by atoms with Crippen molar-refractivity contribution < 1.29 is 9.53 Å². The standard InChI is InChI=1S/C14H12N4O3/c1-15-13(19)8-3-2-4-9(7-8)21-10-5-6-16-12-11(10)17-14(20)18-12/h2-7H,1H3,(H,15,19)(H2,16,17,18,20). The molecule has 3 rings (SSSR count). The molecule has 21 heavy (non-hydrogen) atoms. The van der Waals surface area contributed by atoms with Crippen LogP contribution >= 0.6 is 0 Å². The highest BCUT2D eigenvalue weighted by Gasteiger charge is 2.09. The Morgan fingerprint density at radius 3 is 2.95 bits per heavy atom. The molecule has 106 valence electrons. The Kier molecular flexibility index (Phi) is 3.15. The van der Waals surface area contributed by atoms with Crippen LogP contribution in [0, 0.1) is 0 Å². The maximum Gasteiger partial charge on any atom is 0.325 e. The molecule has 7 nitrogen and oxygen atoms in total. The lowest BCUT2D eigenvalue weighted by atomic mass is 10.2. The highest BCUT2D eigenvalue weighted by molar-refractivity contribution is 5.94. The average molecular weight is 284 g/mol. The van der Waals surface area contributed by atoms with Crippen molar-refractivity contribution in [2.75, 3.05) is 7.05 Å². The molecule has 0 aliphatic heterocycles. The second kappa shape index (κ2) is 5.12. The fourth-order valence-corrected chi connectivity index (χ4v) is 1.97. The van der Waals surface area contributed by atoms with Crippen LogP contribution in [0.1, 0.15) is 10.4 Å². The van der Waals surface area contributed by atoms with Crippen molar-refractivity contribution in [3.05, 3.63) is 52.6 Å². The number of imidazole rings is 1. The van der Waals surface area contributed by atoms with Gasteiger partial charge in [-0.05, 0) is 18.2 Å². The third-order valence-electron chi connectivity index (χ3n) is 2.93. The molecule has 0 atom stereocenters. The van der Waals surface area contributed by atoms with Gasteiger partial charge >= 0.3 is 5.69 Å². The van der Waals surface area contributed by atoms with E-state index in [0.29, 0.717) is 28.2 Å². The summed E-state index contributed by atoms with van der Waals surface area (Å²) in [6.45, 7) is 0. The number of rotatable bonds is 3. The largest absolute Gasteiger partial charge is 0.455 e. The molecule has 7 heteroatoms. The predicted molar refractivity (Wildman–Crippen MR) is 76.6 cm³/mol. The number of carbonyl (C=O) groups is 1. The van der Waals surface area contributed by atoms with Crippen LogP contribution in [0.25, 0.3) is 11.2 Å². The summed E-state index contributed by atoms with van der Waals surface area (Å²) in [5, 5.41) is 2.55. The minimum Gasteiger partial charge on any atom is -0.455 e. The van der Waals surface area contributed by atoms with Gasteiger partial charge in [-0.15, -0.1) is 0 Å². The van der Waals surface area contributed by atoms with Gasteiger partial charge in [0.15, 0.2) is 11.4 Å². The van der Waals surface area contributed by atoms with Crippen LogP contribution in [0.5, 0.6) is 11.5 Å². The van der Waals surface area contributed by atoms with Crippen molar-refractivity contribution in [1.82, 2.24) is 20.3 Å². The first-order chi connectivity index (χ1) is 10.2. The van der Waals surface area contributed by atoms with E-state index in [1.165, 1.54) is 6.20 Å². The summed E-state index contributed by atoms with van der Waals surface area (Å²) < 4.78 is 5.73. The average Bonchev–Trinajstić information content (AvgIpc) is 2.88. The van der Waals surface area contributed by atoms with Crippen molar-refractivity contribution in [2.24, 2.45) is 0 Å². The normalized spacial score (nSPS) is 10.5. The Morgan fingerprint density at radius 1 is 1.29 bits per heavy atom. The van der Waals surface area contributed by atoms with Crippen molar-refractivity contribution >= 4 is 17.1 Å². The molecule has 0 saturated heterocycles. The quantitative estimate of drug-likeness (QED) is 0.677. The SMILES string of the molecule is CNC(=O)c1cccc(Oc2ccnc3[nH]c(=O)[nH]c23)c1. The number of aromatic amines is 2. The van der Waals surface area contributed by atoms with Crippen LogP contribution in [0.4, 0.5) is 0 Å². The molecule has 3 N–H and O–H groups in total. The van der Waals surface area contributed by atoms with Crippen molar-refractivity contribution in [3.63, 3.8) is 0 Å². The van der Waals surface area contributed by atoms with Gasteiger partial charge < -0.3 is 15.0 Å². The Balaban J connectivity index is 1.99. The molecule has 0 radical (unpaired) electrons. The van der Waals surface area contributed by atoms with Crippen molar-refractivity contribution in [2.45, 2.75) is 0 Å². The minimum absolute atomic E-state index is 0.199. The van der Waals surface area contributed by atoms with Gasteiger partial charge in [0.1, 0.15) is 11.3 Å². The van der Waals surface area contributed by atoms with E-state index < -0.39 is 0 Å². The predicted octanol–water partition coefficient (Wildman–Crippen LogP) is 1.40. The second-order valence-electron chi connectivity index (χ2n) is 4.32. The first-order valence-electron chi connectivity index (χ1n) is 6.24. The molecule has 3 aromatic rings. The zero-order valence-corrected chi connectivity index (χ0v) is 11.1. The Bertz CT molecular complexity index is 866. The highest BCUT2D eigenvalue weighted by atomic mass is 16.5. The Morgan fingerprint density at radius 2 is 2.14 bits per heavy atom. The smallest absolute Gasteiger partial charge is 0.325 e. The summed E-state index contributed by atoms with van der Waals surface area (Å²) in [6.07, 6.45) is 1.53. The van der Waals surface area contributed by atoms with Gasteiger partial charge in [0, 0.05) is 24.9 Å². The zero-order chi connectivity index (χ0) is 14.8. The number of hydrogen-bond acceptors (Lipinski definition) is 4. The zero-order valence-electron chi connectivity index (χ0n) is 11.1. The molecule has 2 heterocycles. The number of benzene rings is 1. The van der Waals surface area contributed by atoms with Gasteiger partial charge in [-0.3, -0.25) is 9.78 Å². The number of hydrogen-bond donors (Lipinski definition) is 3. The molecule has 1 amide bonds. The van der Waals surface area contributed by atoms with Crippen LogP contribution in [-0.2, 0) is 0 Å². The highest BCUT2D eigenvalue weighted by Crippen LogP contribution is 2.26. The molecule has 0 spiro atoms. The van der Waals surface area contributed by atoms with Gasteiger partial charge in [0.05, 0.1) is 0 Å². The van der Waals surface area contributed by atoms with Crippen LogP contribution < -0.4 is 15.7 Å². The molecule has 1 aromatic carbocycles. The molecular formula is C14H12N4O3. The van der Waals surface area contributed by atoms with Crippen LogP contribution in [0.3, 0.4) is 0 Å². The summed E-state index contributed by atoms with van der Waals surface area (Å²) in [4.78, 5) is 32.1. The number of aromatic nitrogens is 3. The van der Waals surface area contributed by atoms with E-state index in [9.17, 15) is 9.59 Å². The lowest BCUT2D eigenvalue weighted by molar-refractivity contribution is 0.0963. The number of fused-ring (bicyclic) bond motifs is 1. The molecule has 0 unspecified atom stereocenters. The molecule has 0 aliphatic rings. The summed E-state index contributed by atoms with van der Waals surface area (Å²) in [5.74, 6) is 0.744. The van der Waals surface area contributed by atoms with Crippen LogP contribution in [0.15, 0.2) is 41.3 Å². The maximum atomic E-state index is 11.6. The molecule has 2 aromatic heterocycles. The second-order valence-corrected chi connectivity index (χ2v) is 4.32. The molecule has 0 bridgehead atoms. The number of nitrogens with one attached hydrogen (secondary N) is 3. The molecule has 0 saturated carbocycles. The van der Waals surface area contributed by atoms with Crippen molar-refractivity contribution in [3.8, 4) is 11.5 Å². The van der Waals surface area contributed by atoms with E-state index in [1.54, 1.807) is 37.4 Å². The summed E-state index contributed by atoms with van der Waals surface area (Å²) in [7, 11) is 1.56. The third-order valence-corrected chi connectivity index (χ3v) is 2.93. The molecule has 0 aliphatic carbocycles. The number of H-pyrrole nitrogens is 2.